The molecule has 0 unspecified atom stereocenters. The van der Waals surface area contributed by atoms with E-state index in [1.807, 2.05) is 19.1 Å². The van der Waals surface area contributed by atoms with Crippen LogP contribution in [0.3, 0.4) is 0 Å². The van der Waals surface area contributed by atoms with E-state index >= 15 is 0 Å². The molecule has 0 N–H and O–H groups in total. The molecule has 0 bridgehead atoms. The van der Waals surface area contributed by atoms with Crippen LogP contribution in [-0.4, -0.2) is 0 Å². The second-order valence-corrected chi connectivity index (χ2v) is 3.37. The van der Waals surface area contributed by atoms with Gasteiger partial charge in [-0.05, 0) is 36.2 Å². The highest BCUT2D eigenvalue weighted by atomic mass is 16.3. The monoisotopic (exact) mass is 201 g/mol. The number of furan rings is 1. The van der Waals surface area contributed by atoms with E-state index in [1.165, 1.54) is 0 Å². The van der Waals surface area contributed by atoms with E-state index in [-0.39, 0.29) is 0 Å². The Kier molecular flexibility index (Phi) is 2.35. The van der Waals surface area contributed by atoms with Crippen molar-refractivity contribution in [1.82, 2.24) is 0 Å². The molecule has 0 saturated carbocycles. The Hall–Kier alpha value is -1.93. The molecular weight excluding hydrogens is 190 g/mol. The van der Waals surface area contributed by atoms with Crippen LogP contribution in [-0.2, 0) is 6.42 Å². The summed E-state index contributed by atoms with van der Waals surface area (Å²) in [4.78, 5) is 2.76. The second-order valence-electron chi connectivity index (χ2n) is 3.37. The largest absolute Gasteiger partial charge is 0.461 e. The average Bonchev–Trinajstić information content (AvgIpc) is 2.56. The van der Waals surface area contributed by atoms with Gasteiger partial charge in [-0.25, -0.2) is 0 Å². The van der Waals surface area contributed by atoms with Crippen LogP contribution in [0.2, 0.25) is 0 Å². The van der Waals surface area contributed by atoms with E-state index in [1.54, 1.807) is 6.07 Å². The van der Waals surface area contributed by atoms with Crippen molar-refractivity contribution < 1.29 is 4.42 Å². The van der Waals surface area contributed by atoms with Crippen molar-refractivity contribution >= 4 is 16.7 Å². The molecule has 0 amide bonds. The number of nitrogens with zero attached hydrogens (tertiary/aromatic N) is 3. The van der Waals surface area contributed by atoms with Gasteiger partial charge >= 0.3 is 0 Å². The molecular formula is C11H11N3O. The number of azide groups is 1. The number of hydrogen-bond donors (Lipinski definition) is 0. The minimum absolute atomic E-state index is 0.622. The molecule has 2 aromatic rings. The highest BCUT2D eigenvalue weighted by Gasteiger charge is 2.08. The first-order valence-corrected chi connectivity index (χ1v) is 4.83. The molecule has 4 nitrogen and oxygen atoms in total. The minimum atomic E-state index is 0.622. The Bertz CT molecular complexity index is 550. The molecule has 15 heavy (non-hydrogen) atoms. The molecule has 0 radical (unpaired) electrons. The van der Waals surface area contributed by atoms with Gasteiger partial charge in [-0.1, -0.05) is 12.0 Å². The molecule has 4 heteroatoms. The quantitative estimate of drug-likeness (QED) is 0.407. The maximum absolute atomic E-state index is 8.35. The summed E-state index contributed by atoms with van der Waals surface area (Å²) >= 11 is 0. The van der Waals surface area contributed by atoms with Crippen molar-refractivity contribution in [2.45, 2.75) is 20.3 Å². The van der Waals surface area contributed by atoms with Crippen LogP contribution >= 0.6 is 0 Å². The molecule has 0 saturated heterocycles. The van der Waals surface area contributed by atoms with E-state index in [0.717, 1.165) is 28.7 Å². The summed E-state index contributed by atoms with van der Waals surface area (Å²) in [5.74, 6) is 0.989. The molecule has 1 aromatic heterocycles. The maximum Gasteiger partial charge on any atom is 0.134 e. The first-order valence-electron chi connectivity index (χ1n) is 4.83. The van der Waals surface area contributed by atoms with Crippen molar-refractivity contribution in [1.29, 1.82) is 0 Å². The number of aryl methyl sites for hydroxylation is 2. The van der Waals surface area contributed by atoms with E-state index in [2.05, 4.69) is 16.9 Å². The summed E-state index contributed by atoms with van der Waals surface area (Å²) in [5.41, 5.74) is 10.9. The van der Waals surface area contributed by atoms with Gasteiger partial charge in [-0.3, -0.25) is 0 Å². The molecule has 2 rings (SSSR count). The Labute approximate surface area is 87.1 Å². The van der Waals surface area contributed by atoms with E-state index in [4.69, 9.17) is 9.95 Å². The summed E-state index contributed by atoms with van der Waals surface area (Å²) in [6.45, 7) is 4.07. The lowest BCUT2D eigenvalue weighted by atomic mass is 10.1. The zero-order chi connectivity index (χ0) is 10.8. The number of rotatable bonds is 2. The number of benzene rings is 1. The van der Waals surface area contributed by atoms with Crippen molar-refractivity contribution in [2.75, 3.05) is 0 Å². The topological polar surface area (TPSA) is 61.9 Å². The predicted molar refractivity (Wildman–Crippen MR) is 59.1 cm³/mol. The maximum atomic E-state index is 8.35. The van der Waals surface area contributed by atoms with Gasteiger partial charge in [0.15, 0.2) is 0 Å². The average molecular weight is 201 g/mol. The van der Waals surface area contributed by atoms with Crippen LogP contribution < -0.4 is 0 Å². The molecule has 0 aliphatic rings. The summed E-state index contributed by atoms with van der Waals surface area (Å²) in [7, 11) is 0. The highest BCUT2D eigenvalue weighted by Crippen LogP contribution is 2.29. The molecule has 0 atom stereocenters. The standard InChI is InChI=1S/C11H11N3O/c1-3-10-7(2)9-6-8(13-14-12)4-5-11(9)15-10/h4-6H,3H2,1-2H3. The number of hydrogen-bond acceptors (Lipinski definition) is 2. The third kappa shape index (κ3) is 1.55. The third-order valence-electron chi connectivity index (χ3n) is 2.50. The van der Waals surface area contributed by atoms with Gasteiger partial charge in [0, 0.05) is 22.4 Å². The lowest BCUT2D eigenvalue weighted by Crippen LogP contribution is -1.77. The molecule has 0 aliphatic carbocycles. The lowest BCUT2D eigenvalue weighted by Gasteiger charge is -1.92. The lowest BCUT2D eigenvalue weighted by molar-refractivity contribution is 0.553. The van der Waals surface area contributed by atoms with Crippen LogP contribution in [0.4, 0.5) is 5.69 Å². The third-order valence-corrected chi connectivity index (χ3v) is 2.50. The van der Waals surface area contributed by atoms with Crippen LogP contribution in [0.1, 0.15) is 18.2 Å². The fraction of sp³-hybridized carbons (Fsp3) is 0.273. The molecule has 0 aliphatic heterocycles. The Morgan fingerprint density at radius 1 is 1.47 bits per heavy atom. The van der Waals surface area contributed by atoms with E-state index in [0.29, 0.717) is 5.69 Å². The van der Waals surface area contributed by atoms with Crippen LogP contribution in [0, 0.1) is 6.92 Å². The molecule has 1 aromatic carbocycles. The summed E-state index contributed by atoms with van der Waals surface area (Å²) < 4.78 is 5.65. The smallest absolute Gasteiger partial charge is 0.134 e. The Morgan fingerprint density at radius 3 is 2.93 bits per heavy atom. The Morgan fingerprint density at radius 2 is 2.27 bits per heavy atom. The van der Waals surface area contributed by atoms with Gasteiger partial charge in [0.1, 0.15) is 11.3 Å². The molecule has 76 valence electrons. The van der Waals surface area contributed by atoms with Gasteiger partial charge in [0.25, 0.3) is 0 Å². The first kappa shape index (κ1) is 9.62. The highest BCUT2D eigenvalue weighted by molar-refractivity contribution is 5.84. The number of fused-ring (bicyclic) bond motifs is 1. The zero-order valence-corrected chi connectivity index (χ0v) is 8.69. The minimum Gasteiger partial charge on any atom is -0.461 e. The van der Waals surface area contributed by atoms with E-state index < -0.39 is 0 Å². The van der Waals surface area contributed by atoms with Gasteiger partial charge in [0.05, 0.1) is 0 Å². The fourth-order valence-electron chi connectivity index (χ4n) is 1.71. The fourth-order valence-corrected chi connectivity index (χ4v) is 1.71. The molecule has 0 fully saturated rings. The summed E-state index contributed by atoms with van der Waals surface area (Å²) in [5, 5.41) is 4.60. The second kappa shape index (κ2) is 3.67. The van der Waals surface area contributed by atoms with E-state index in [9.17, 15) is 0 Å². The molecule has 0 spiro atoms. The van der Waals surface area contributed by atoms with Crippen molar-refractivity contribution in [3.8, 4) is 0 Å². The van der Waals surface area contributed by atoms with Gasteiger partial charge in [-0.15, -0.1) is 0 Å². The van der Waals surface area contributed by atoms with Crippen molar-refractivity contribution in [3.05, 3.63) is 40.0 Å². The zero-order valence-electron chi connectivity index (χ0n) is 8.69. The Balaban J connectivity index is 2.69. The summed E-state index contributed by atoms with van der Waals surface area (Å²) in [6, 6.07) is 5.45. The van der Waals surface area contributed by atoms with Crippen molar-refractivity contribution in [3.63, 3.8) is 0 Å². The first-order chi connectivity index (χ1) is 7.26. The normalized spacial score (nSPS) is 10.3. The summed E-state index contributed by atoms with van der Waals surface area (Å²) in [6.07, 6.45) is 0.872. The van der Waals surface area contributed by atoms with Crippen molar-refractivity contribution in [2.24, 2.45) is 5.11 Å². The van der Waals surface area contributed by atoms with Gasteiger partial charge < -0.3 is 4.42 Å². The molecule has 1 heterocycles. The van der Waals surface area contributed by atoms with Crippen LogP contribution in [0.5, 0.6) is 0 Å². The van der Waals surface area contributed by atoms with Crippen LogP contribution in [0.15, 0.2) is 27.7 Å². The van der Waals surface area contributed by atoms with Gasteiger partial charge in [0.2, 0.25) is 0 Å². The SMILES string of the molecule is CCc1oc2ccc(N=[N+]=[N-])cc2c1C. The van der Waals surface area contributed by atoms with Gasteiger partial charge in [-0.2, -0.15) is 0 Å². The predicted octanol–water partition coefficient (Wildman–Crippen LogP) is 4.25. The van der Waals surface area contributed by atoms with Crippen LogP contribution in [0.25, 0.3) is 21.4 Å².